The Morgan fingerprint density at radius 3 is 2.70 bits per heavy atom. The zero-order valence-electron chi connectivity index (χ0n) is 12.3. The Hall–Kier alpha value is -2.73. The zero-order chi connectivity index (χ0) is 16.2. The zero-order valence-corrected chi connectivity index (χ0v) is 13.2. The van der Waals surface area contributed by atoms with E-state index in [-0.39, 0.29) is 5.89 Å². The minimum atomic E-state index is -0.426. The van der Waals surface area contributed by atoms with Crippen LogP contribution in [-0.4, -0.2) is 18.0 Å². The van der Waals surface area contributed by atoms with Crippen molar-refractivity contribution < 1.29 is 13.9 Å². The van der Waals surface area contributed by atoms with Crippen LogP contribution in [0, 0.1) is 0 Å². The van der Waals surface area contributed by atoms with Gasteiger partial charge in [-0.15, -0.1) is 12.6 Å². The third-order valence-electron chi connectivity index (χ3n) is 3.19. The van der Waals surface area contributed by atoms with Crippen molar-refractivity contribution in [2.45, 2.75) is 4.90 Å². The maximum atomic E-state index is 12.2. The van der Waals surface area contributed by atoms with Gasteiger partial charge in [-0.3, -0.25) is 4.79 Å². The number of aromatic nitrogens is 1. The summed E-state index contributed by atoms with van der Waals surface area (Å²) in [5.74, 6) is 0.750. The van der Waals surface area contributed by atoms with Gasteiger partial charge in [-0.25, -0.2) is 4.98 Å². The van der Waals surface area contributed by atoms with E-state index in [4.69, 9.17) is 9.15 Å². The summed E-state index contributed by atoms with van der Waals surface area (Å²) in [4.78, 5) is 16.9. The van der Waals surface area contributed by atoms with E-state index in [1.165, 1.54) is 6.20 Å². The van der Waals surface area contributed by atoms with E-state index in [1.807, 2.05) is 30.3 Å². The summed E-state index contributed by atoms with van der Waals surface area (Å²) in [7, 11) is 1.56. The molecule has 2 aromatic carbocycles. The van der Waals surface area contributed by atoms with E-state index in [0.29, 0.717) is 22.1 Å². The van der Waals surface area contributed by atoms with Crippen LogP contribution in [0.4, 0.5) is 5.69 Å². The Morgan fingerprint density at radius 1 is 1.22 bits per heavy atom. The maximum Gasteiger partial charge on any atom is 0.311 e. The smallest absolute Gasteiger partial charge is 0.311 e. The highest BCUT2D eigenvalue weighted by atomic mass is 32.1. The van der Waals surface area contributed by atoms with Crippen LogP contribution in [0.25, 0.3) is 11.3 Å². The summed E-state index contributed by atoms with van der Waals surface area (Å²) in [6, 6.07) is 14.6. The number of hydrogen-bond donors (Lipinski definition) is 2. The monoisotopic (exact) mass is 326 g/mol. The first-order chi connectivity index (χ1) is 11.2. The Morgan fingerprint density at radius 2 is 2.00 bits per heavy atom. The summed E-state index contributed by atoms with van der Waals surface area (Å²) in [6.07, 6.45) is 1.53. The summed E-state index contributed by atoms with van der Waals surface area (Å²) < 4.78 is 10.6. The number of rotatable bonds is 4. The molecule has 0 saturated carbocycles. The number of anilines is 1. The predicted octanol–water partition coefficient (Wildman–Crippen LogP) is 3.89. The van der Waals surface area contributed by atoms with E-state index in [9.17, 15) is 4.79 Å². The Balaban J connectivity index is 1.76. The Labute approximate surface area is 138 Å². The third-order valence-corrected chi connectivity index (χ3v) is 3.54. The lowest BCUT2D eigenvalue weighted by Gasteiger charge is -2.07. The van der Waals surface area contributed by atoms with Gasteiger partial charge in [0.25, 0.3) is 5.89 Å². The van der Waals surface area contributed by atoms with E-state index in [0.717, 1.165) is 5.56 Å². The van der Waals surface area contributed by atoms with Crippen LogP contribution in [-0.2, 0) is 0 Å². The Kier molecular flexibility index (Phi) is 4.34. The van der Waals surface area contributed by atoms with E-state index >= 15 is 0 Å². The molecule has 0 spiro atoms. The van der Waals surface area contributed by atoms with Crippen molar-refractivity contribution in [3.05, 3.63) is 60.6 Å². The fraction of sp³-hybridized carbons (Fsp3) is 0.0588. The van der Waals surface area contributed by atoms with Gasteiger partial charge in [-0.1, -0.05) is 30.3 Å². The number of nitrogens with zero attached hydrogens (tertiary/aromatic N) is 1. The van der Waals surface area contributed by atoms with Crippen LogP contribution in [0.1, 0.15) is 10.7 Å². The maximum absolute atomic E-state index is 12.2. The first kappa shape index (κ1) is 15.2. The number of oxazole rings is 1. The second kappa shape index (κ2) is 6.58. The lowest BCUT2D eigenvalue weighted by Crippen LogP contribution is -2.12. The molecule has 0 saturated heterocycles. The second-order valence-electron chi connectivity index (χ2n) is 4.74. The molecule has 23 heavy (non-hydrogen) atoms. The fourth-order valence-corrected chi connectivity index (χ4v) is 2.37. The first-order valence-corrected chi connectivity index (χ1v) is 7.31. The van der Waals surface area contributed by atoms with Crippen LogP contribution in [0.2, 0.25) is 0 Å². The molecule has 1 N–H and O–H groups in total. The molecule has 0 fully saturated rings. The summed E-state index contributed by atoms with van der Waals surface area (Å²) in [6.45, 7) is 0. The van der Waals surface area contributed by atoms with Crippen molar-refractivity contribution in [2.75, 3.05) is 12.4 Å². The van der Waals surface area contributed by atoms with Crippen molar-refractivity contribution in [3.63, 3.8) is 0 Å². The molecule has 0 atom stereocenters. The summed E-state index contributed by atoms with van der Waals surface area (Å²) in [5.41, 5.74) is 1.45. The van der Waals surface area contributed by atoms with Crippen molar-refractivity contribution in [3.8, 4) is 17.1 Å². The molecule has 1 heterocycles. The highest BCUT2D eigenvalue weighted by Crippen LogP contribution is 2.26. The van der Waals surface area contributed by atoms with Gasteiger partial charge in [0.15, 0.2) is 5.76 Å². The molecule has 0 aliphatic heterocycles. The van der Waals surface area contributed by atoms with E-state index in [1.54, 1.807) is 25.3 Å². The van der Waals surface area contributed by atoms with Gasteiger partial charge in [0, 0.05) is 16.1 Å². The SMILES string of the molecule is COc1ccc(NC(=O)c2ncc(-c3ccccc3)o2)cc1S. The average molecular weight is 326 g/mol. The highest BCUT2D eigenvalue weighted by Gasteiger charge is 2.15. The lowest BCUT2D eigenvalue weighted by atomic mass is 10.2. The van der Waals surface area contributed by atoms with Crippen molar-refractivity contribution in [2.24, 2.45) is 0 Å². The fourth-order valence-electron chi connectivity index (χ4n) is 2.07. The van der Waals surface area contributed by atoms with Crippen molar-refractivity contribution in [1.82, 2.24) is 4.98 Å². The van der Waals surface area contributed by atoms with Gasteiger partial charge in [-0.05, 0) is 18.2 Å². The van der Waals surface area contributed by atoms with Gasteiger partial charge in [0.1, 0.15) is 5.75 Å². The molecular formula is C17H14N2O3S. The standard InChI is InChI=1S/C17H14N2O3S/c1-21-13-8-7-12(9-15(13)23)19-16(20)17-18-10-14(22-17)11-5-3-2-4-6-11/h2-10,23H,1H3,(H,19,20). The number of methoxy groups -OCH3 is 1. The molecule has 1 aromatic heterocycles. The van der Waals surface area contributed by atoms with Crippen LogP contribution < -0.4 is 10.1 Å². The summed E-state index contributed by atoms with van der Waals surface area (Å²) >= 11 is 4.29. The van der Waals surface area contributed by atoms with Gasteiger partial charge < -0.3 is 14.5 Å². The third kappa shape index (κ3) is 3.37. The van der Waals surface area contributed by atoms with Crippen LogP contribution in [0.3, 0.4) is 0 Å². The number of benzene rings is 2. The second-order valence-corrected chi connectivity index (χ2v) is 5.22. The largest absolute Gasteiger partial charge is 0.496 e. The minimum Gasteiger partial charge on any atom is -0.496 e. The lowest BCUT2D eigenvalue weighted by molar-refractivity contribution is 0.0991. The first-order valence-electron chi connectivity index (χ1n) is 6.87. The topological polar surface area (TPSA) is 64.4 Å². The molecule has 116 valence electrons. The van der Waals surface area contributed by atoms with Gasteiger partial charge in [0.05, 0.1) is 13.3 Å². The number of carbonyl (C=O) groups excluding carboxylic acids is 1. The molecule has 3 rings (SSSR count). The molecule has 6 heteroatoms. The van der Waals surface area contributed by atoms with E-state index in [2.05, 4.69) is 22.9 Å². The van der Waals surface area contributed by atoms with Gasteiger partial charge >= 0.3 is 5.91 Å². The number of carbonyl (C=O) groups is 1. The highest BCUT2D eigenvalue weighted by molar-refractivity contribution is 7.80. The molecular weight excluding hydrogens is 312 g/mol. The quantitative estimate of drug-likeness (QED) is 0.714. The number of nitrogens with one attached hydrogen (secondary N) is 1. The normalized spacial score (nSPS) is 10.3. The molecule has 0 unspecified atom stereocenters. The number of thiol groups is 1. The molecule has 0 bridgehead atoms. The number of hydrogen-bond acceptors (Lipinski definition) is 5. The molecule has 0 aliphatic rings. The summed E-state index contributed by atoms with van der Waals surface area (Å²) in [5, 5.41) is 2.72. The van der Waals surface area contributed by atoms with Gasteiger partial charge in [0.2, 0.25) is 0 Å². The molecule has 3 aromatic rings. The van der Waals surface area contributed by atoms with E-state index < -0.39 is 5.91 Å². The number of ether oxygens (including phenoxy) is 1. The van der Waals surface area contributed by atoms with Crippen LogP contribution in [0.15, 0.2) is 64.0 Å². The van der Waals surface area contributed by atoms with Crippen molar-refractivity contribution in [1.29, 1.82) is 0 Å². The van der Waals surface area contributed by atoms with Crippen LogP contribution >= 0.6 is 12.6 Å². The molecule has 0 radical (unpaired) electrons. The molecule has 5 nitrogen and oxygen atoms in total. The average Bonchev–Trinajstić information content (AvgIpc) is 3.06. The van der Waals surface area contributed by atoms with Gasteiger partial charge in [-0.2, -0.15) is 0 Å². The molecule has 0 aliphatic carbocycles. The van der Waals surface area contributed by atoms with Crippen molar-refractivity contribution >= 4 is 24.2 Å². The number of amides is 1. The van der Waals surface area contributed by atoms with Crippen LogP contribution in [0.5, 0.6) is 5.75 Å². The minimum absolute atomic E-state index is 0.000357. The Bertz CT molecular complexity index is 831. The molecule has 1 amide bonds. The predicted molar refractivity (Wildman–Crippen MR) is 90.1 cm³/mol.